The summed E-state index contributed by atoms with van der Waals surface area (Å²) in [5.74, 6) is 1.66. The van der Waals surface area contributed by atoms with Gasteiger partial charge in [-0.15, -0.1) is 0 Å². The summed E-state index contributed by atoms with van der Waals surface area (Å²) in [6.45, 7) is 4.29. The molecule has 4 heteroatoms. The van der Waals surface area contributed by atoms with Crippen molar-refractivity contribution in [3.8, 4) is 5.75 Å². The summed E-state index contributed by atoms with van der Waals surface area (Å²) in [5.41, 5.74) is 6.36. The predicted octanol–water partition coefficient (Wildman–Crippen LogP) is 2.69. The summed E-state index contributed by atoms with van der Waals surface area (Å²) in [7, 11) is 0. The van der Waals surface area contributed by atoms with E-state index in [0.29, 0.717) is 18.7 Å². The normalized spacial score (nSPS) is 14.1. The average Bonchev–Trinajstić information content (AvgIpc) is 3.22. The third-order valence-corrected chi connectivity index (χ3v) is 3.46. The van der Waals surface area contributed by atoms with Crippen LogP contribution in [0, 0.1) is 5.92 Å². The molecule has 0 bridgehead atoms. The Hall–Kier alpha value is -1.71. The molecule has 0 unspecified atom stereocenters. The zero-order valence-electron chi connectivity index (χ0n) is 12.2. The molecule has 1 saturated carbocycles. The third kappa shape index (κ3) is 4.76. The van der Waals surface area contributed by atoms with Gasteiger partial charge in [-0.1, -0.05) is 13.0 Å². The van der Waals surface area contributed by atoms with Crippen LogP contribution in [-0.2, 0) is 4.79 Å². The molecule has 1 fully saturated rings. The molecule has 0 spiro atoms. The average molecular weight is 276 g/mol. The van der Waals surface area contributed by atoms with Gasteiger partial charge in [0, 0.05) is 24.8 Å². The number of hydrogen-bond donors (Lipinski definition) is 1. The van der Waals surface area contributed by atoms with Gasteiger partial charge in [0.25, 0.3) is 0 Å². The van der Waals surface area contributed by atoms with E-state index in [0.717, 1.165) is 31.2 Å². The van der Waals surface area contributed by atoms with Gasteiger partial charge in [0.15, 0.2) is 0 Å². The van der Waals surface area contributed by atoms with Crippen molar-refractivity contribution in [3.05, 3.63) is 24.3 Å². The first-order valence-corrected chi connectivity index (χ1v) is 7.45. The molecule has 4 nitrogen and oxygen atoms in total. The lowest BCUT2D eigenvalue weighted by atomic mass is 10.3. The number of amides is 1. The second-order valence-electron chi connectivity index (χ2n) is 5.45. The van der Waals surface area contributed by atoms with Crippen LogP contribution < -0.4 is 10.5 Å². The Bertz CT molecular complexity index is 444. The molecule has 2 rings (SSSR count). The highest BCUT2D eigenvalue weighted by Gasteiger charge is 2.26. The Balaban J connectivity index is 1.74. The second kappa shape index (κ2) is 7.17. The van der Waals surface area contributed by atoms with E-state index < -0.39 is 0 Å². The summed E-state index contributed by atoms with van der Waals surface area (Å²) in [4.78, 5) is 14.2. The number of nitrogen functional groups attached to an aromatic ring is 1. The number of hydrogen-bond acceptors (Lipinski definition) is 3. The standard InChI is InChI=1S/C16H24N2O2/c1-2-9-18(12-13-6-7-13)16(19)8-10-20-15-5-3-4-14(17)11-15/h3-5,11,13H,2,6-10,12,17H2,1H3. The van der Waals surface area contributed by atoms with Gasteiger partial charge in [0.05, 0.1) is 13.0 Å². The van der Waals surface area contributed by atoms with Crippen LogP contribution in [0.15, 0.2) is 24.3 Å². The fourth-order valence-corrected chi connectivity index (χ4v) is 2.22. The highest BCUT2D eigenvalue weighted by Crippen LogP contribution is 2.29. The molecule has 1 aliphatic carbocycles. The van der Waals surface area contributed by atoms with Gasteiger partial charge in [0.1, 0.15) is 5.75 Å². The fraction of sp³-hybridized carbons (Fsp3) is 0.562. The minimum atomic E-state index is 0.197. The number of rotatable bonds is 8. The van der Waals surface area contributed by atoms with Gasteiger partial charge in [-0.2, -0.15) is 0 Å². The molecule has 0 heterocycles. The van der Waals surface area contributed by atoms with Crippen LogP contribution in [-0.4, -0.2) is 30.5 Å². The third-order valence-electron chi connectivity index (χ3n) is 3.46. The van der Waals surface area contributed by atoms with E-state index in [1.54, 1.807) is 6.07 Å². The van der Waals surface area contributed by atoms with E-state index in [-0.39, 0.29) is 5.91 Å². The van der Waals surface area contributed by atoms with Crippen molar-refractivity contribution < 1.29 is 9.53 Å². The van der Waals surface area contributed by atoms with E-state index in [9.17, 15) is 4.79 Å². The summed E-state index contributed by atoms with van der Waals surface area (Å²) >= 11 is 0. The molecule has 110 valence electrons. The van der Waals surface area contributed by atoms with Crippen LogP contribution in [0.5, 0.6) is 5.75 Å². The van der Waals surface area contributed by atoms with Crippen molar-refractivity contribution in [2.24, 2.45) is 5.92 Å². The maximum absolute atomic E-state index is 12.2. The lowest BCUT2D eigenvalue weighted by Gasteiger charge is -2.22. The maximum atomic E-state index is 12.2. The number of carbonyl (C=O) groups is 1. The zero-order valence-corrected chi connectivity index (χ0v) is 12.2. The van der Waals surface area contributed by atoms with Crippen molar-refractivity contribution in [1.29, 1.82) is 0 Å². The number of benzene rings is 1. The number of carbonyl (C=O) groups excluding carboxylic acids is 1. The molecule has 0 atom stereocenters. The molecule has 0 aromatic heterocycles. The SMILES string of the molecule is CCCN(CC1CC1)C(=O)CCOc1cccc(N)c1. The quantitative estimate of drug-likeness (QED) is 0.743. The lowest BCUT2D eigenvalue weighted by molar-refractivity contribution is -0.132. The summed E-state index contributed by atoms with van der Waals surface area (Å²) < 4.78 is 5.58. The second-order valence-corrected chi connectivity index (χ2v) is 5.45. The van der Waals surface area contributed by atoms with Crippen molar-refractivity contribution in [1.82, 2.24) is 4.90 Å². The Labute approximate surface area is 120 Å². The fourth-order valence-electron chi connectivity index (χ4n) is 2.22. The van der Waals surface area contributed by atoms with E-state index in [1.165, 1.54) is 12.8 Å². The molecule has 2 N–H and O–H groups in total. The van der Waals surface area contributed by atoms with Crippen LogP contribution in [0.3, 0.4) is 0 Å². The zero-order chi connectivity index (χ0) is 14.4. The number of nitrogens with zero attached hydrogens (tertiary/aromatic N) is 1. The van der Waals surface area contributed by atoms with Gasteiger partial charge in [-0.25, -0.2) is 0 Å². The van der Waals surface area contributed by atoms with E-state index in [1.807, 2.05) is 23.1 Å². The van der Waals surface area contributed by atoms with Crippen molar-refractivity contribution in [2.75, 3.05) is 25.4 Å². The van der Waals surface area contributed by atoms with Gasteiger partial charge in [-0.05, 0) is 37.3 Å². The molecular formula is C16H24N2O2. The molecular weight excluding hydrogens is 252 g/mol. The number of ether oxygens (including phenoxy) is 1. The minimum absolute atomic E-state index is 0.197. The largest absolute Gasteiger partial charge is 0.493 e. The highest BCUT2D eigenvalue weighted by atomic mass is 16.5. The molecule has 1 aromatic rings. The number of anilines is 1. The maximum Gasteiger partial charge on any atom is 0.226 e. The summed E-state index contributed by atoms with van der Waals surface area (Å²) in [6.07, 6.45) is 3.98. The van der Waals surface area contributed by atoms with Gasteiger partial charge in [0.2, 0.25) is 5.91 Å². The van der Waals surface area contributed by atoms with Crippen molar-refractivity contribution in [2.45, 2.75) is 32.6 Å². The molecule has 1 amide bonds. The Kier molecular flexibility index (Phi) is 5.27. The molecule has 0 radical (unpaired) electrons. The molecule has 20 heavy (non-hydrogen) atoms. The van der Waals surface area contributed by atoms with Crippen LogP contribution in [0.1, 0.15) is 32.6 Å². The molecule has 0 saturated heterocycles. The monoisotopic (exact) mass is 276 g/mol. The molecule has 0 aliphatic heterocycles. The molecule has 1 aromatic carbocycles. The summed E-state index contributed by atoms with van der Waals surface area (Å²) in [5, 5.41) is 0. The Morgan fingerprint density at radius 2 is 2.25 bits per heavy atom. The Morgan fingerprint density at radius 3 is 2.90 bits per heavy atom. The first-order chi connectivity index (χ1) is 9.69. The van der Waals surface area contributed by atoms with Crippen LogP contribution in [0.2, 0.25) is 0 Å². The van der Waals surface area contributed by atoms with Crippen LogP contribution in [0.25, 0.3) is 0 Å². The lowest BCUT2D eigenvalue weighted by Crippen LogP contribution is -2.34. The van der Waals surface area contributed by atoms with E-state index >= 15 is 0 Å². The van der Waals surface area contributed by atoms with E-state index in [4.69, 9.17) is 10.5 Å². The predicted molar refractivity (Wildman–Crippen MR) is 80.6 cm³/mol. The van der Waals surface area contributed by atoms with Gasteiger partial charge >= 0.3 is 0 Å². The smallest absolute Gasteiger partial charge is 0.226 e. The number of nitrogens with two attached hydrogens (primary N) is 1. The van der Waals surface area contributed by atoms with Gasteiger partial charge < -0.3 is 15.4 Å². The summed E-state index contributed by atoms with van der Waals surface area (Å²) in [6, 6.07) is 7.30. The van der Waals surface area contributed by atoms with Crippen molar-refractivity contribution in [3.63, 3.8) is 0 Å². The minimum Gasteiger partial charge on any atom is -0.493 e. The molecule has 1 aliphatic rings. The van der Waals surface area contributed by atoms with E-state index in [2.05, 4.69) is 6.92 Å². The van der Waals surface area contributed by atoms with Crippen LogP contribution in [0.4, 0.5) is 5.69 Å². The first-order valence-electron chi connectivity index (χ1n) is 7.45. The first kappa shape index (κ1) is 14.7. The van der Waals surface area contributed by atoms with Crippen LogP contribution >= 0.6 is 0 Å². The topological polar surface area (TPSA) is 55.6 Å². The van der Waals surface area contributed by atoms with Gasteiger partial charge in [-0.3, -0.25) is 4.79 Å². The highest BCUT2D eigenvalue weighted by molar-refractivity contribution is 5.76. The van der Waals surface area contributed by atoms with Crippen molar-refractivity contribution >= 4 is 11.6 Å². The Morgan fingerprint density at radius 1 is 1.45 bits per heavy atom.